The average molecular weight is 651 g/mol. The second kappa shape index (κ2) is 12.0. The van der Waals surface area contributed by atoms with E-state index < -0.39 is 16.9 Å². The van der Waals surface area contributed by atoms with Crippen LogP contribution in [0.1, 0.15) is 5.56 Å². The standard InChI is InChI=1S/C46H42Si2/c1-47(2)30-31-17-25-41-43(27-31)46(40-16-10-14-34-12-8-9-15-39(34)40)42-26-24-38(48(3,4)5)29-44(42)45(41)35-21-18-33(19-22-35)37-23-20-32-11-6-7-13-36(32)28-37/h6-29,47H,30H2,1-5H3. The highest BCUT2D eigenvalue weighted by atomic mass is 28.3. The minimum Gasteiger partial charge on any atom is -0.0719 e. The molecule has 8 aromatic carbocycles. The zero-order valence-corrected chi connectivity index (χ0v) is 30.8. The van der Waals surface area contributed by atoms with Crippen molar-refractivity contribution in [3.63, 3.8) is 0 Å². The lowest BCUT2D eigenvalue weighted by Crippen LogP contribution is -2.37. The summed E-state index contributed by atoms with van der Waals surface area (Å²) in [5, 5.41) is 12.0. The van der Waals surface area contributed by atoms with Crippen LogP contribution in [0.3, 0.4) is 0 Å². The number of rotatable bonds is 6. The minimum absolute atomic E-state index is 0.802. The maximum Gasteiger partial charge on any atom is 0.0776 e. The Morgan fingerprint density at radius 1 is 0.438 bits per heavy atom. The Labute approximate surface area is 287 Å². The monoisotopic (exact) mass is 650 g/mol. The molecule has 0 aliphatic heterocycles. The Kier molecular flexibility index (Phi) is 7.66. The minimum atomic E-state index is -1.58. The van der Waals surface area contributed by atoms with Crippen LogP contribution in [0.5, 0.6) is 0 Å². The van der Waals surface area contributed by atoms with Gasteiger partial charge in [0.05, 0.1) is 8.07 Å². The first-order valence-corrected chi connectivity index (χ1v) is 24.0. The fraction of sp³-hybridized carbons (Fsp3) is 0.130. The third-order valence-electron chi connectivity index (χ3n) is 10.0. The number of fused-ring (bicyclic) bond motifs is 4. The van der Waals surface area contributed by atoms with Gasteiger partial charge in [0.15, 0.2) is 0 Å². The van der Waals surface area contributed by atoms with Gasteiger partial charge in [0.25, 0.3) is 0 Å². The lowest BCUT2D eigenvalue weighted by atomic mass is 9.84. The quantitative estimate of drug-likeness (QED) is 0.124. The van der Waals surface area contributed by atoms with Crippen molar-refractivity contribution in [1.29, 1.82) is 0 Å². The molecule has 0 fully saturated rings. The van der Waals surface area contributed by atoms with Gasteiger partial charge in [0.1, 0.15) is 0 Å². The van der Waals surface area contributed by atoms with Gasteiger partial charge in [-0.1, -0.05) is 183 Å². The largest absolute Gasteiger partial charge is 0.0776 e. The molecule has 48 heavy (non-hydrogen) atoms. The molecular formula is C46H42Si2. The predicted molar refractivity (Wildman–Crippen MR) is 218 cm³/mol. The van der Waals surface area contributed by atoms with E-state index in [-0.39, 0.29) is 0 Å². The Balaban J connectivity index is 1.43. The Morgan fingerprint density at radius 2 is 1.06 bits per heavy atom. The smallest absolute Gasteiger partial charge is 0.0719 e. The van der Waals surface area contributed by atoms with Crippen molar-refractivity contribution in [1.82, 2.24) is 0 Å². The van der Waals surface area contributed by atoms with E-state index in [1.54, 1.807) is 0 Å². The predicted octanol–water partition coefficient (Wildman–Crippen LogP) is 12.4. The number of benzene rings is 8. The van der Waals surface area contributed by atoms with Crippen molar-refractivity contribution in [3.8, 4) is 33.4 Å². The average Bonchev–Trinajstić information content (AvgIpc) is 3.09. The lowest BCUT2D eigenvalue weighted by Gasteiger charge is -2.23. The van der Waals surface area contributed by atoms with Crippen molar-refractivity contribution in [2.24, 2.45) is 0 Å². The lowest BCUT2D eigenvalue weighted by molar-refractivity contribution is 1.37. The van der Waals surface area contributed by atoms with Crippen LogP contribution < -0.4 is 5.19 Å². The van der Waals surface area contributed by atoms with Gasteiger partial charge in [-0.15, -0.1) is 0 Å². The molecule has 0 unspecified atom stereocenters. The zero-order valence-electron chi connectivity index (χ0n) is 28.6. The molecule has 0 saturated carbocycles. The highest BCUT2D eigenvalue weighted by Gasteiger charge is 2.22. The van der Waals surface area contributed by atoms with Crippen LogP contribution in [0.4, 0.5) is 0 Å². The van der Waals surface area contributed by atoms with Crippen LogP contribution in [-0.4, -0.2) is 16.9 Å². The molecular weight excluding hydrogens is 609 g/mol. The van der Waals surface area contributed by atoms with Gasteiger partial charge in [0.2, 0.25) is 0 Å². The molecule has 0 bridgehead atoms. The fourth-order valence-electron chi connectivity index (χ4n) is 7.58. The molecule has 0 saturated heterocycles. The highest BCUT2D eigenvalue weighted by Crippen LogP contribution is 2.46. The van der Waals surface area contributed by atoms with Gasteiger partial charge in [-0.3, -0.25) is 0 Å². The van der Waals surface area contributed by atoms with Crippen LogP contribution in [0, 0.1) is 0 Å². The molecule has 0 N–H and O–H groups in total. The molecule has 0 aliphatic carbocycles. The number of hydrogen-bond donors (Lipinski definition) is 0. The molecule has 0 atom stereocenters. The van der Waals surface area contributed by atoms with E-state index in [0.717, 1.165) is 0 Å². The van der Waals surface area contributed by atoms with Gasteiger partial charge in [-0.05, 0) is 88.6 Å². The molecule has 2 heteroatoms. The Hall–Kier alpha value is -4.77. The van der Waals surface area contributed by atoms with Gasteiger partial charge >= 0.3 is 0 Å². The van der Waals surface area contributed by atoms with E-state index in [4.69, 9.17) is 0 Å². The first-order chi connectivity index (χ1) is 23.2. The Bertz CT molecular complexity index is 2470. The molecule has 0 aliphatic rings. The summed E-state index contributed by atoms with van der Waals surface area (Å²) in [6, 6.07) is 56.4. The molecule has 0 aromatic heterocycles. The molecule has 0 nitrogen and oxygen atoms in total. The summed E-state index contributed by atoms with van der Waals surface area (Å²) in [5.41, 5.74) is 9.27. The van der Waals surface area contributed by atoms with Crippen molar-refractivity contribution in [2.45, 2.75) is 38.8 Å². The second-order valence-corrected chi connectivity index (χ2v) is 23.2. The second-order valence-electron chi connectivity index (χ2n) is 14.9. The molecule has 0 amide bonds. The highest BCUT2D eigenvalue weighted by molar-refractivity contribution is 6.88. The third kappa shape index (κ3) is 5.49. The van der Waals surface area contributed by atoms with Gasteiger partial charge in [-0.2, -0.15) is 0 Å². The summed E-state index contributed by atoms with van der Waals surface area (Å²) in [4.78, 5) is 0. The first kappa shape index (κ1) is 30.6. The van der Waals surface area contributed by atoms with E-state index >= 15 is 0 Å². The van der Waals surface area contributed by atoms with Crippen molar-refractivity contribution in [2.75, 3.05) is 0 Å². The van der Waals surface area contributed by atoms with Crippen molar-refractivity contribution >= 4 is 65.1 Å². The van der Waals surface area contributed by atoms with E-state index in [9.17, 15) is 0 Å². The summed E-state index contributed by atoms with van der Waals surface area (Å²) in [6.07, 6.45) is 0. The molecule has 8 aromatic rings. The Morgan fingerprint density at radius 3 is 1.83 bits per heavy atom. The van der Waals surface area contributed by atoms with Crippen molar-refractivity contribution in [3.05, 3.63) is 151 Å². The van der Waals surface area contributed by atoms with E-state index in [2.05, 4.69) is 178 Å². The molecule has 0 spiro atoms. The fourth-order valence-corrected chi connectivity index (χ4v) is 9.94. The summed E-state index contributed by atoms with van der Waals surface area (Å²) in [7, 11) is -2.38. The molecule has 0 heterocycles. The third-order valence-corrected chi connectivity index (χ3v) is 13.3. The molecule has 0 radical (unpaired) electrons. The van der Waals surface area contributed by atoms with Crippen LogP contribution in [0.25, 0.3) is 76.5 Å². The van der Waals surface area contributed by atoms with Crippen LogP contribution >= 0.6 is 0 Å². The van der Waals surface area contributed by atoms with Gasteiger partial charge in [-0.25, -0.2) is 0 Å². The van der Waals surface area contributed by atoms with E-state index in [1.165, 1.54) is 93.3 Å². The normalized spacial score (nSPS) is 12.1. The molecule has 8 rings (SSSR count). The van der Waals surface area contributed by atoms with Crippen LogP contribution in [0.2, 0.25) is 32.7 Å². The van der Waals surface area contributed by atoms with Gasteiger partial charge in [0, 0.05) is 8.80 Å². The van der Waals surface area contributed by atoms with E-state index in [0.29, 0.717) is 0 Å². The van der Waals surface area contributed by atoms with Crippen LogP contribution in [-0.2, 0) is 6.04 Å². The SMILES string of the molecule is C[SiH](C)Cc1ccc2c(-c3ccc(-c4ccc5ccccc5c4)cc3)c3cc([Si](C)(C)C)ccc3c(-c3cccc4ccccc34)c2c1. The zero-order chi connectivity index (χ0) is 33.0. The summed E-state index contributed by atoms with van der Waals surface area (Å²) < 4.78 is 0. The topological polar surface area (TPSA) is 0 Å². The van der Waals surface area contributed by atoms with E-state index in [1.807, 2.05) is 0 Å². The summed E-state index contributed by atoms with van der Waals surface area (Å²) in [6.45, 7) is 12.3. The van der Waals surface area contributed by atoms with Gasteiger partial charge < -0.3 is 0 Å². The van der Waals surface area contributed by atoms with Crippen LogP contribution in [0.15, 0.2) is 146 Å². The maximum absolute atomic E-state index is 2.54. The first-order valence-electron chi connectivity index (χ1n) is 17.4. The van der Waals surface area contributed by atoms with Crippen molar-refractivity contribution < 1.29 is 0 Å². The molecule has 234 valence electrons. The number of hydrogen-bond acceptors (Lipinski definition) is 0. The summed E-state index contributed by atoms with van der Waals surface area (Å²) in [5.74, 6) is 0. The maximum atomic E-state index is 2.54. The summed E-state index contributed by atoms with van der Waals surface area (Å²) >= 11 is 0.